The number of nitrogens with two attached hydrogens (primary N) is 2. The van der Waals surface area contributed by atoms with E-state index >= 15 is 0 Å². The molecule has 5 rings (SSSR count). The second kappa shape index (κ2) is 8.62. The molecule has 0 aliphatic heterocycles. The number of rotatable bonds is 6. The highest BCUT2D eigenvalue weighted by atomic mass is 16.5. The molecule has 9 heteroatoms. The van der Waals surface area contributed by atoms with Gasteiger partial charge in [-0.3, -0.25) is 14.9 Å². The van der Waals surface area contributed by atoms with Crippen LogP contribution in [0.3, 0.4) is 0 Å². The van der Waals surface area contributed by atoms with E-state index < -0.39 is 5.91 Å². The minimum absolute atomic E-state index is 0.0845. The fourth-order valence-electron chi connectivity index (χ4n) is 4.14. The number of fused-ring (bicyclic) bond motifs is 1. The first-order valence-electron chi connectivity index (χ1n) is 10.7. The fraction of sp³-hybridized carbons (Fsp3) is 0.167. The zero-order valence-electron chi connectivity index (χ0n) is 17.8. The van der Waals surface area contributed by atoms with Crippen LogP contribution in [0.2, 0.25) is 0 Å². The van der Waals surface area contributed by atoms with Crippen molar-refractivity contribution in [2.45, 2.75) is 25.4 Å². The summed E-state index contributed by atoms with van der Waals surface area (Å²) in [4.78, 5) is 20.5. The maximum atomic E-state index is 12.3. The summed E-state index contributed by atoms with van der Waals surface area (Å²) >= 11 is 0. The minimum atomic E-state index is -0.634. The van der Waals surface area contributed by atoms with Gasteiger partial charge in [-0.1, -0.05) is 30.3 Å². The third kappa shape index (κ3) is 4.08. The van der Waals surface area contributed by atoms with E-state index in [0.29, 0.717) is 28.5 Å². The molecule has 33 heavy (non-hydrogen) atoms. The number of hydrogen-bond donors (Lipinski definition) is 4. The third-order valence-electron chi connectivity index (χ3n) is 5.71. The largest absolute Gasteiger partial charge is 0.484 e. The molecule has 1 aliphatic carbocycles. The summed E-state index contributed by atoms with van der Waals surface area (Å²) in [5.41, 5.74) is 16.3. The molecule has 0 bridgehead atoms. The lowest BCUT2D eigenvalue weighted by molar-refractivity contribution is 0.100. The van der Waals surface area contributed by atoms with Gasteiger partial charge in [0.25, 0.3) is 5.91 Å². The number of amides is 1. The maximum absolute atomic E-state index is 12.3. The van der Waals surface area contributed by atoms with Gasteiger partial charge in [0.15, 0.2) is 5.82 Å². The molecule has 9 nitrogen and oxygen atoms in total. The van der Waals surface area contributed by atoms with E-state index in [0.717, 1.165) is 19.3 Å². The molecule has 1 atom stereocenters. The number of aromatic amines is 1. The molecule has 0 radical (unpaired) electrons. The number of H-pyrrole nitrogens is 1. The lowest BCUT2D eigenvalue weighted by atomic mass is 9.89. The van der Waals surface area contributed by atoms with Crippen molar-refractivity contribution in [2.24, 2.45) is 5.73 Å². The summed E-state index contributed by atoms with van der Waals surface area (Å²) in [6.07, 6.45) is 7.52. The Labute approximate surface area is 190 Å². The van der Waals surface area contributed by atoms with Crippen molar-refractivity contribution in [3.8, 4) is 17.0 Å². The molecular formula is C24H23N7O2. The minimum Gasteiger partial charge on any atom is -0.484 e. The highest BCUT2D eigenvalue weighted by Crippen LogP contribution is 2.38. The van der Waals surface area contributed by atoms with Gasteiger partial charge in [-0.25, -0.2) is 4.98 Å². The molecule has 166 valence electrons. The summed E-state index contributed by atoms with van der Waals surface area (Å²) in [6.45, 7) is 0. The number of primary amides is 1. The topological polar surface area (TPSA) is 145 Å². The van der Waals surface area contributed by atoms with Gasteiger partial charge in [-0.15, -0.1) is 0 Å². The second-order valence-corrected chi connectivity index (χ2v) is 7.85. The predicted octanol–water partition coefficient (Wildman–Crippen LogP) is 3.75. The van der Waals surface area contributed by atoms with Gasteiger partial charge in [0.1, 0.15) is 23.2 Å². The Hall–Kier alpha value is -4.40. The number of carbonyl (C=O) groups excluding carboxylic acids is 1. The van der Waals surface area contributed by atoms with E-state index in [2.05, 4.69) is 37.6 Å². The summed E-state index contributed by atoms with van der Waals surface area (Å²) in [6, 6.07) is 13.7. The van der Waals surface area contributed by atoms with Crippen LogP contribution >= 0.6 is 0 Å². The zero-order chi connectivity index (χ0) is 22.8. The van der Waals surface area contributed by atoms with Crippen LogP contribution in [0.15, 0.2) is 61.1 Å². The Morgan fingerprint density at radius 3 is 2.88 bits per heavy atom. The number of hydrogen-bond acceptors (Lipinski definition) is 7. The van der Waals surface area contributed by atoms with Crippen LogP contribution < -0.4 is 21.5 Å². The van der Waals surface area contributed by atoms with Crippen molar-refractivity contribution in [1.29, 1.82) is 0 Å². The normalized spacial score (nSPS) is 15.0. The Bertz CT molecular complexity index is 1300. The standard InChI is InChI=1S/C24H23N7O2/c25-17-9-8-15(12-19(17)33-18-7-3-5-14-4-1-2-6-16(14)18)22-21(23(26)32)24(31-30-22)29-20-13-27-10-11-28-20/h1-2,4,6,8-13,18H,3,5,7,25H2,(H2,26,32)(H2,28,29,30,31). The van der Waals surface area contributed by atoms with Crippen molar-refractivity contribution in [3.63, 3.8) is 0 Å². The van der Waals surface area contributed by atoms with Crippen LogP contribution in [-0.2, 0) is 6.42 Å². The van der Waals surface area contributed by atoms with Gasteiger partial charge < -0.3 is 21.5 Å². The molecule has 2 aromatic heterocycles. The van der Waals surface area contributed by atoms with Crippen LogP contribution in [0, 0.1) is 0 Å². The molecular weight excluding hydrogens is 418 g/mol. The Morgan fingerprint density at radius 1 is 1.18 bits per heavy atom. The van der Waals surface area contributed by atoms with Gasteiger partial charge in [0.05, 0.1) is 17.6 Å². The maximum Gasteiger partial charge on any atom is 0.254 e. The summed E-state index contributed by atoms with van der Waals surface area (Å²) in [5.74, 6) is 0.613. The number of benzene rings is 2. The van der Waals surface area contributed by atoms with Gasteiger partial charge in [0.2, 0.25) is 0 Å². The summed E-state index contributed by atoms with van der Waals surface area (Å²) in [7, 11) is 0. The summed E-state index contributed by atoms with van der Waals surface area (Å²) in [5, 5.41) is 10.1. The first-order valence-corrected chi connectivity index (χ1v) is 10.7. The number of nitrogens with zero attached hydrogens (tertiary/aromatic N) is 3. The van der Waals surface area contributed by atoms with Gasteiger partial charge in [0, 0.05) is 18.0 Å². The number of aryl methyl sites for hydroxylation is 1. The highest BCUT2D eigenvalue weighted by Gasteiger charge is 2.24. The quantitative estimate of drug-likeness (QED) is 0.333. The number of nitrogens with one attached hydrogen (secondary N) is 2. The number of anilines is 3. The number of ether oxygens (including phenoxy) is 1. The summed E-state index contributed by atoms with van der Waals surface area (Å²) < 4.78 is 6.37. The van der Waals surface area contributed by atoms with Gasteiger partial charge in [-0.05, 0) is 42.5 Å². The number of aromatic nitrogens is 4. The van der Waals surface area contributed by atoms with Gasteiger partial charge >= 0.3 is 0 Å². The molecule has 0 saturated carbocycles. The Balaban J connectivity index is 1.48. The molecule has 2 aromatic carbocycles. The predicted molar refractivity (Wildman–Crippen MR) is 125 cm³/mol. The Kier molecular flexibility index (Phi) is 5.35. The molecule has 0 fully saturated rings. The smallest absolute Gasteiger partial charge is 0.254 e. The first-order chi connectivity index (χ1) is 16.1. The lowest BCUT2D eigenvalue weighted by Crippen LogP contribution is -2.16. The van der Waals surface area contributed by atoms with Crippen molar-refractivity contribution >= 4 is 23.2 Å². The first kappa shape index (κ1) is 20.5. The average molecular weight is 441 g/mol. The van der Waals surface area contributed by atoms with Crippen LogP contribution in [0.5, 0.6) is 5.75 Å². The van der Waals surface area contributed by atoms with E-state index in [4.69, 9.17) is 16.2 Å². The van der Waals surface area contributed by atoms with Crippen molar-refractivity contribution in [2.75, 3.05) is 11.1 Å². The number of carbonyl (C=O) groups is 1. The second-order valence-electron chi connectivity index (χ2n) is 7.85. The van der Waals surface area contributed by atoms with Crippen LogP contribution in [-0.4, -0.2) is 26.1 Å². The van der Waals surface area contributed by atoms with Crippen molar-refractivity contribution in [3.05, 3.63) is 77.7 Å². The average Bonchev–Trinajstić information content (AvgIpc) is 3.25. The van der Waals surface area contributed by atoms with Crippen LogP contribution in [0.25, 0.3) is 11.3 Å². The van der Waals surface area contributed by atoms with Crippen LogP contribution in [0.4, 0.5) is 17.3 Å². The highest BCUT2D eigenvalue weighted by molar-refractivity contribution is 6.04. The molecule has 6 N–H and O–H groups in total. The van der Waals surface area contributed by atoms with E-state index in [9.17, 15) is 4.79 Å². The number of nitrogen functional groups attached to an aromatic ring is 1. The van der Waals surface area contributed by atoms with Crippen molar-refractivity contribution in [1.82, 2.24) is 20.2 Å². The molecule has 1 unspecified atom stereocenters. The molecule has 1 amide bonds. The molecule has 0 saturated heterocycles. The molecule has 2 heterocycles. The zero-order valence-corrected chi connectivity index (χ0v) is 17.8. The van der Waals surface area contributed by atoms with E-state index in [-0.39, 0.29) is 17.5 Å². The lowest BCUT2D eigenvalue weighted by Gasteiger charge is -2.27. The van der Waals surface area contributed by atoms with Crippen molar-refractivity contribution < 1.29 is 9.53 Å². The van der Waals surface area contributed by atoms with Gasteiger partial charge in [-0.2, -0.15) is 5.10 Å². The van der Waals surface area contributed by atoms with Crippen LogP contribution in [0.1, 0.15) is 40.4 Å². The SMILES string of the molecule is NC(=O)c1c(Nc2cnccn2)n[nH]c1-c1ccc(N)c(OC2CCCc3ccccc32)c1. The molecule has 1 aliphatic rings. The Morgan fingerprint density at radius 2 is 2.06 bits per heavy atom. The van der Waals surface area contributed by atoms with E-state index in [1.54, 1.807) is 24.4 Å². The molecule has 4 aromatic rings. The molecule has 0 spiro atoms. The monoisotopic (exact) mass is 441 g/mol. The third-order valence-corrected chi connectivity index (χ3v) is 5.71. The van der Waals surface area contributed by atoms with E-state index in [1.807, 2.05) is 12.1 Å². The fourth-order valence-corrected chi connectivity index (χ4v) is 4.14. The van der Waals surface area contributed by atoms with E-state index in [1.165, 1.54) is 23.5 Å².